The molecule has 116 valence electrons. The van der Waals surface area contributed by atoms with Crippen LogP contribution in [0.25, 0.3) is 20.2 Å². The Kier molecular flexibility index (Phi) is 3.48. The molecular formula is C21H16N2S. The van der Waals surface area contributed by atoms with E-state index in [0.29, 0.717) is 5.56 Å². The molecule has 0 saturated heterocycles. The Morgan fingerprint density at radius 2 is 1.50 bits per heavy atom. The van der Waals surface area contributed by atoms with Crippen LogP contribution < -0.4 is 4.90 Å². The summed E-state index contributed by atoms with van der Waals surface area (Å²) >= 11 is 1.83. The van der Waals surface area contributed by atoms with Gasteiger partial charge in [-0.3, -0.25) is 0 Å². The first-order valence-corrected chi connectivity index (χ1v) is 8.66. The molecule has 0 aliphatic heterocycles. The lowest BCUT2D eigenvalue weighted by Gasteiger charge is -2.21. The first-order chi connectivity index (χ1) is 11.7. The number of nitrogens with zero attached hydrogens (tertiary/aromatic N) is 2. The van der Waals surface area contributed by atoms with E-state index in [1.54, 1.807) is 0 Å². The van der Waals surface area contributed by atoms with Crippen molar-refractivity contribution in [1.29, 1.82) is 5.26 Å². The highest BCUT2D eigenvalue weighted by Crippen LogP contribution is 2.42. The first-order valence-electron chi connectivity index (χ1n) is 7.84. The number of hydrogen-bond acceptors (Lipinski definition) is 3. The van der Waals surface area contributed by atoms with E-state index in [1.165, 1.54) is 25.7 Å². The molecule has 1 heterocycles. The third-order valence-electron chi connectivity index (χ3n) is 4.45. The number of nitriles is 1. The molecule has 0 bridgehead atoms. The van der Waals surface area contributed by atoms with Crippen LogP contribution >= 0.6 is 11.3 Å². The Morgan fingerprint density at radius 3 is 2.29 bits per heavy atom. The molecule has 0 unspecified atom stereocenters. The van der Waals surface area contributed by atoms with Gasteiger partial charge in [0.15, 0.2) is 0 Å². The van der Waals surface area contributed by atoms with Crippen LogP contribution in [0.4, 0.5) is 11.4 Å². The highest BCUT2D eigenvalue weighted by atomic mass is 32.1. The van der Waals surface area contributed by atoms with Crippen molar-refractivity contribution in [3.63, 3.8) is 0 Å². The molecule has 0 spiro atoms. The van der Waals surface area contributed by atoms with E-state index in [9.17, 15) is 5.26 Å². The van der Waals surface area contributed by atoms with E-state index >= 15 is 0 Å². The molecule has 2 nitrogen and oxygen atoms in total. The summed E-state index contributed by atoms with van der Waals surface area (Å²) in [5, 5.41) is 12.0. The zero-order valence-corrected chi connectivity index (χ0v) is 14.4. The lowest BCUT2D eigenvalue weighted by molar-refractivity contribution is 1.21. The molecule has 1 aromatic heterocycles. The third-order valence-corrected chi connectivity index (χ3v) is 5.83. The van der Waals surface area contributed by atoms with Gasteiger partial charge in [-0.15, -0.1) is 11.3 Å². The Hall–Kier alpha value is -2.83. The monoisotopic (exact) mass is 328 g/mol. The fraction of sp³-hybridized carbons (Fsp3) is 0.0952. The Bertz CT molecular complexity index is 1100. The van der Waals surface area contributed by atoms with Gasteiger partial charge in [-0.1, -0.05) is 42.5 Å². The number of thiophene rings is 1. The number of para-hydroxylation sites is 1. The minimum atomic E-state index is 0.689. The van der Waals surface area contributed by atoms with Gasteiger partial charge in [0.1, 0.15) is 6.07 Å². The summed E-state index contributed by atoms with van der Waals surface area (Å²) in [6.45, 7) is 2.16. The van der Waals surface area contributed by atoms with E-state index in [1.807, 2.05) is 42.6 Å². The maximum Gasteiger partial charge on any atom is 0.101 e. The third kappa shape index (κ3) is 2.16. The second-order valence-electron chi connectivity index (χ2n) is 5.90. The van der Waals surface area contributed by atoms with Gasteiger partial charge in [0.2, 0.25) is 0 Å². The van der Waals surface area contributed by atoms with Crippen molar-refractivity contribution < 1.29 is 0 Å². The molecule has 3 aromatic carbocycles. The largest absolute Gasteiger partial charge is 0.342 e. The van der Waals surface area contributed by atoms with Gasteiger partial charge in [0.25, 0.3) is 0 Å². The van der Waals surface area contributed by atoms with Crippen LogP contribution in [0.1, 0.15) is 11.1 Å². The van der Waals surface area contributed by atoms with E-state index in [2.05, 4.69) is 54.3 Å². The smallest absolute Gasteiger partial charge is 0.101 e. The van der Waals surface area contributed by atoms with E-state index in [-0.39, 0.29) is 0 Å². The Balaban J connectivity index is 1.99. The molecule has 4 aromatic rings. The van der Waals surface area contributed by atoms with E-state index in [0.717, 1.165) is 11.4 Å². The maximum absolute atomic E-state index is 9.40. The molecule has 4 rings (SSSR count). The van der Waals surface area contributed by atoms with Gasteiger partial charge in [-0.2, -0.15) is 5.26 Å². The summed E-state index contributed by atoms with van der Waals surface area (Å²) < 4.78 is 2.60. The van der Waals surface area contributed by atoms with Gasteiger partial charge >= 0.3 is 0 Å². The highest BCUT2D eigenvalue weighted by Gasteiger charge is 2.15. The van der Waals surface area contributed by atoms with Gasteiger partial charge < -0.3 is 4.90 Å². The predicted octanol–water partition coefficient (Wildman–Crippen LogP) is 6.00. The molecule has 3 heteroatoms. The van der Waals surface area contributed by atoms with Crippen LogP contribution in [0.15, 0.2) is 60.7 Å². The molecule has 0 N–H and O–H groups in total. The number of rotatable bonds is 2. The predicted molar refractivity (Wildman–Crippen MR) is 103 cm³/mol. The van der Waals surface area contributed by atoms with Gasteiger partial charge in [0, 0.05) is 22.5 Å². The van der Waals surface area contributed by atoms with Crippen molar-refractivity contribution in [2.75, 3.05) is 11.9 Å². The van der Waals surface area contributed by atoms with Gasteiger partial charge in [-0.25, -0.2) is 0 Å². The van der Waals surface area contributed by atoms with Crippen molar-refractivity contribution in [2.45, 2.75) is 6.92 Å². The summed E-state index contributed by atoms with van der Waals surface area (Å²) in [4.78, 5) is 2.12. The average molecular weight is 328 g/mol. The maximum atomic E-state index is 9.40. The highest BCUT2D eigenvalue weighted by molar-refractivity contribution is 7.26. The standard InChI is InChI=1S/C21H16N2S/c1-14-7-5-9-16-17-10-6-12-19(21(17)24-20(14)16)23(2)18-11-4-3-8-15(18)13-22/h3-12H,1-2H3. The Labute approximate surface area is 145 Å². The molecule has 0 saturated carbocycles. The summed E-state index contributed by atoms with van der Waals surface area (Å²) in [6, 6.07) is 22.9. The van der Waals surface area contributed by atoms with Crippen LogP contribution in [0, 0.1) is 18.3 Å². The van der Waals surface area contributed by atoms with Crippen molar-refractivity contribution in [3.8, 4) is 6.07 Å². The lowest BCUT2D eigenvalue weighted by atomic mass is 10.1. The van der Waals surface area contributed by atoms with Crippen LogP contribution in [-0.4, -0.2) is 7.05 Å². The van der Waals surface area contributed by atoms with Crippen molar-refractivity contribution >= 4 is 42.9 Å². The topological polar surface area (TPSA) is 27.0 Å². The van der Waals surface area contributed by atoms with Crippen molar-refractivity contribution in [3.05, 3.63) is 71.8 Å². The second-order valence-corrected chi connectivity index (χ2v) is 6.92. The second kappa shape index (κ2) is 5.67. The van der Waals surface area contributed by atoms with Crippen LogP contribution in [-0.2, 0) is 0 Å². The molecular weight excluding hydrogens is 312 g/mol. The van der Waals surface area contributed by atoms with Crippen molar-refractivity contribution in [1.82, 2.24) is 0 Å². The summed E-state index contributed by atoms with van der Waals surface area (Å²) in [5.74, 6) is 0. The lowest BCUT2D eigenvalue weighted by Crippen LogP contribution is -2.10. The number of fused-ring (bicyclic) bond motifs is 3. The van der Waals surface area contributed by atoms with E-state index < -0.39 is 0 Å². The fourth-order valence-electron chi connectivity index (χ4n) is 3.20. The molecule has 0 aliphatic carbocycles. The SMILES string of the molecule is Cc1cccc2c1sc1c(N(C)c3ccccc3C#N)cccc12. The number of hydrogen-bond donors (Lipinski definition) is 0. The zero-order chi connectivity index (χ0) is 16.7. The number of benzene rings is 3. The van der Waals surface area contributed by atoms with Crippen LogP contribution in [0.3, 0.4) is 0 Å². The van der Waals surface area contributed by atoms with Gasteiger partial charge in [0.05, 0.1) is 21.6 Å². The number of anilines is 2. The first kappa shape index (κ1) is 14.7. The summed E-state index contributed by atoms with van der Waals surface area (Å²) in [5.41, 5.74) is 4.06. The minimum absolute atomic E-state index is 0.689. The summed E-state index contributed by atoms with van der Waals surface area (Å²) in [6.07, 6.45) is 0. The molecule has 0 aliphatic rings. The van der Waals surface area contributed by atoms with Crippen LogP contribution in [0.5, 0.6) is 0 Å². The number of aryl methyl sites for hydroxylation is 1. The van der Waals surface area contributed by atoms with Crippen molar-refractivity contribution in [2.24, 2.45) is 0 Å². The quantitative estimate of drug-likeness (QED) is 0.451. The summed E-state index contributed by atoms with van der Waals surface area (Å²) in [7, 11) is 2.03. The fourth-order valence-corrected chi connectivity index (χ4v) is 4.52. The molecule has 0 fully saturated rings. The normalized spacial score (nSPS) is 10.9. The van der Waals surface area contributed by atoms with Gasteiger partial charge in [-0.05, 0) is 30.7 Å². The molecule has 0 radical (unpaired) electrons. The van der Waals surface area contributed by atoms with Crippen LogP contribution in [0.2, 0.25) is 0 Å². The van der Waals surface area contributed by atoms with E-state index in [4.69, 9.17) is 0 Å². The minimum Gasteiger partial charge on any atom is -0.342 e. The average Bonchev–Trinajstić information content (AvgIpc) is 3.01. The molecule has 0 atom stereocenters. The molecule has 0 amide bonds. The zero-order valence-electron chi connectivity index (χ0n) is 13.6. The Morgan fingerprint density at radius 1 is 0.833 bits per heavy atom. The molecule has 24 heavy (non-hydrogen) atoms.